The Bertz CT molecular complexity index is 888. The van der Waals surface area contributed by atoms with Crippen LogP contribution in [0.5, 0.6) is 11.6 Å². The lowest BCUT2D eigenvalue weighted by Gasteiger charge is -2.09. The summed E-state index contributed by atoms with van der Waals surface area (Å²) < 4.78 is 6.09. The van der Waals surface area contributed by atoms with Crippen molar-refractivity contribution < 1.29 is 9.66 Å². The van der Waals surface area contributed by atoms with Crippen molar-refractivity contribution in [2.45, 2.75) is 0 Å². The molecule has 1 aromatic carbocycles. The molecule has 0 spiro atoms. The molecule has 8 heteroatoms. The molecular formula is C14H7BrClN3O3. The lowest BCUT2D eigenvalue weighted by molar-refractivity contribution is -0.385. The molecular weight excluding hydrogens is 374 g/mol. The molecule has 2 heterocycles. The first-order valence-corrected chi connectivity index (χ1v) is 7.24. The molecule has 0 fully saturated rings. The van der Waals surface area contributed by atoms with Crippen LogP contribution in [-0.4, -0.2) is 14.9 Å². The molecule has 0 saturated heterocycles. The minimum absolute atomic E-state index is 0.127. The summed E-state index contributed by atoms with van der Waals surface area (Å²) in [5.74, 6) is 0.668. The van der Waals surface area contributed by atoms with Crippen LogP contribution in [0.3, 0.4) is 0 Å². The van der Waals surface area contributed by atoms with Gasteiger partial charge in [-0.1, -0.05) is 11.6 Å². The summed E-state index contributed by atoms with van der Waals surface area (Å²) in [6.45, 7) is 0. The zero-order chi connectivity index (χ0) is 15.7. The smallest absolute Gasteiger partial charge is 0.288 e. The van der Waals surface area contributed by atoms with E-state index >= 15 is 0 Å². The average Bonchev–Trinajstić information content (AvgIpc) is 2.52. The van der Waals surface area contributed by atoms with Gasteiger partial charge in [0, 0.05) is 17.6 Å². The van der Waals surface area contributed by atoms with Crippen LogP contribution < -0.4 is 4.74 Å². The molecule has 3 rings (SSSR count). The van der Waals surface area contributed by atoms with Crippen molar-refractivity contribution in [1.29, 1.82) is 0 Å². The summed E-state index contributed by atoms with van der Waals surface area (Å²) in [6.07, 6.45) is 2.76. The lowest BCUT2D eigenvalue weighted by Crippen LogP contribution is -1.94. The van der Waals surface area contributed by atoms with Gasteiger partial charge in [0.05, 0.1) is 14.4 Å². The largest absolute Gasteiger partial charge is 0.436 e. The SMILES string of the molecule is O=[N+]([O-])c1cnc(Oc2ccc(Cl)c3cccnc23)c(Br)c1. The molecule has 6 nitrogen and oxygen atoms in total. The summed E-state index contributed by atoms with van der Waals surface area (Å²) in [6, 6.07) is 8.30. The highest BCUT2D eigenvalue weighted by atomic mass is 79.9. The van der Waals surface area contributed by atoms with Gasteiger partial charge in [0.1, 0.15) is 11.7 Å². The normalized spacial score (nSPS) is 10.6. The number of fused-ring (bicyclic) bond motifs is 1. The van der Waals surface area contributed by atoms with E-state index in [4.69, 9.17) is 16.3 Å². The van der Waals surface area contributed by atoms with Gasteiger partial charge in [0.25, 0.3) is 5.69 Å². The van der Waals surface area contributed by atoms with E-state index < -0.39 is 4.92 Å². The quantitative estimate of drug-likeness (QED) is 0.484. The zero-order valence-electron chi connectivity index (χ0n) is 10.9. The van der Waals surface area contributed by atoms with E-state index in [0.717, 1.165) is 11.6 Å². The second-order valence-corrected chi connectivity index (χ2v) is 5.55. The highest BCUT2D eigenvalue weighted by Crippen LogP contribution is 2.35. The summed E-state index contributed by atoms with van der Waals surface area (Å²) in [7, 11) is 0. The molecule has 0 aliphatic heterocycles. The molecule has 0 bridgehead atoms. The van der Waals surface area contributed by atoms with E-state index in [0.29, 0.717) is 20.8 Å². The van der Waals surface area contributed by atoms with Crippen molar-refractivity contribution in [3.05, 3.63) is 62.3 Å². The predicted molar refractivity (Wildman–Crippen MR) is 85.4 cm³/mol. The number of pyridine rings is 2. The van der Waals surface area contributed by atoms with Gasteiger partial charge in [-0.15, -0.1) is 0 Å². The monoisotopic (exact) mass is 379 g/mol. The average molecular weight is 381 g/mol. The molecule has 3 aromatic rings. The first-order chi connectivity index (χ1) is 10.6. The first kappa shape index (κ1) is 14.7. The van der Waals surface area contributed by atoms with E-state index in [1.807, 2.05) is 6.07 Å². The lowest BCUT2D eigenvalue weighted by atomic mass is 10.2. The Hall–Kier alpha value is -2.25. The molecule has 0 aliphatic rings. The predicted octanol–water partition coefficient (Wildman–Crippen LogP) is 4.75. The maximum atomic E-state index is 10.7. The fourth-order valence-corrected chi connectivity index (χ4v) is 2.52. The Kier molecular flexibility index (Phi) is 3.91. The van der Waals surface area contributed by atoms with Crippen molar-refractivity contribution in [2.75, 3.05) is 0 Å². The van der Waals surface area contributed by atoms with Gasteiger partial charge >= 0.3 is 0 Å². The van der Waals surface area contributed by atoms with Gasteiger partial charge in [0.2, 0.25) is 5.88 Å². The molecule has 2 aromatic heterocycles. The van der Waals surface area contributed by atoms with Crippen LogP contribution in [0.15, 0.2) is 47.2 Å². The molecule has 0 atom stereocenters. The second-order valence-electron chi connectivity index (χ2n) is 4.28. The summed E-state index contributed by atoms with van der Waals surface area (Å²) in [5, 5.41) is 12.0. The van der Waals surface area contributed by atoms with E-state index in [1.165, 1.54) is 6.07 Å². The number of hydrogen-bond acceptors (Lipinski definition) is 5. The second kappa shape index (κ2) is 5.86. The van der Waals surface area contributed by atoms with E-state index in [9.17, 15) is 10.1 Å². The van der Waals surface area contributed by atoms with E-state index in [-0.39, 0.29) is 11.6 Å². The minimum atomic E-state index is -0.527. The number of nitrogens with zero attached hydrogens (tertiary/aromatic N) is 3. The number of halogens is 2. The third-order valence-electron chi connectivity index (χ3n) is 2.89. The van der Waals surface area contributed by atoms with Crippen LogP contribution in [0.1, 0.15) is 0 Å². The van der Waals surface area contributed by atoms with Crippen molar-refractivity contribution in [3.8, 4) is 11.6 Å². The Balaban J connectivity index is 2.04. The fourth-order valence-electron chi connectivity index (χ4n) is 1.89. The number of rotatable bonds is 3. The van der Waals surface area contributed by atoms with Crippen molar-refractivity contribution in [1.82, 2.24) is 9.97 Å². The van der Waals surface area contributed by atoms with Crippen molar-refractivity contribution in [2.24, 2.45) is 0 Å². The number of hydrogen-bond donors (Lipinski definition) is 0. The third kappa shape index (κ3) is 2.72. The molecule has 0 aliphatic carbocycles. The first-order valence-electron chi connectivity index (χ1n) is 6.07. The Morgan fingerprint density at radius 1 is 1.27 bits per heavy atom. The Morgan fingerprint density at radius 2 is 2.09 bits per heavy atom. The van der Waals surface area contributed by atoms with Gasteiger partial charge in [-0.2, -0.15) is 0 Å². The fraction of sp³-hybridized carbons (Fsp3) is 0. The topological polar surface area (TPSA) is 78.2 Å². The van der Waals surface area contributed by atoms with Crippen LogP contribution in [-0.2, 0) is 0 Å². The van der Waals surface area contributed by atoms with Crippen LogP contribution in [0, 0.1) is 10.1 Å². The van der Waals surface area contributed by atoms with Crippen LogP contribution >= 0.6 is 27.5 Å². The molecule has 0 radical (unpaired) electrons. The molecule has 0 amide bonds. The number of nitro groups is 1. The highest BCUT2D eigenvalue weighted by Gasteiger charge is 2.14. The number of aromatic nitrogens is 2. The number of ether oxygens (including phenoxy) is 1. The summed E-state index contributed by atoms with van der Waals surface area (Å²) in [4.78, 5) is 18.4. The Morgan fingerprint density at radius 3 is 2.82 bits per heavy atom. The van der Waals surface area contributed by atoms with E-state index in [1.54, 1.807) is 24.4 Å². The maximum Gasteiger partial charge on any atom is 0.288 e. The molecule has 110 valence electrons. The maximum absolute atomic E-state index is 10.7. The van der Waals surface area contributed by atoms with E-state index in [2.05, 4.69) is 25.9 Å². The minimum Gasteiger partial charge on any atom is -0.436 e. The van der Waals surface area contributed by atoms with Crippen molar-refractivity contribution >= 4 is 44.1 Å². The van der Waals surface area contributed by atoms with Gasteiger partial charge in [0.15, 0.2) is 5.75 Å². The molecule has 0 unspecified atom stereocenters. The summed E-state index contributed by atoms with van der Waals surface area (Å²) in [5.41, 5.74) is 0.459. The van der Waals surface area contributed by atoms with Crippen LogP contribution in [0.4, 0.5) is 5.69 Å². The highest BCUT2D eigenvalue weighted by molar-refractivity contribution is 9.10. The van der Waals surface area contributed by atoms with Gasteiger partial charge in [-0.3, -0.25) is 15.1 Å². The van der Waals surface area contributed by atoms with Crippen LogP contribution in [0.2, 0.25) is 5.02 Å². The number of benzene rings is 1. The molecule has 22 heavy (non-hydrogen) atoms. The van der Waals surface area contributed by atoms with Gasteiger partial charge in [-0.25, -0.2) is 4.98 Å². The zero-order valence-corrected chi connectivity index (χ0v) is 13.2. The molecule has 0 saturated carbocycles. The van der Waals surface area contributed by atoms with Gasteiger partial charge < -0.3 is 4.74 Å². The standard InChI is InChI=1S/C14H7BrClN3O3/c15-10-6-8(19(20)21)7-18-14(10)22-12-4-3-11(16)9-2-1-5-17-13(9)12/h1-7H. The third-order valence-corrected chi connectivity index (χ3v) is 3.79. The summed E-state index contributed by atoms with van der Waals surface area (Å²) >= 11 is 9.34. The van der Waals surface area contributed by atoms with Crippen LogP contribution in [0.25, 0.3) is 10.9 Å². The van der Waals surface area contributed by atoms with Crippen molar-refractivity contribution in [3.63, 3.8) is 0 Å². The molecule has 0 N–H and O–H groups in total. The Labute approximate surface area is 138 Å². The van der Waals surface area contributed by atoms with Gasteiger partial charge in [-0.05, 0) is 40.2 Å².